The molecule has 0 bridgehead atoms. The number of hydrogen-bond acceptors (Lipinski definition) is 8. The molecule has 0 fully saturated rings. The van der Waals surface area contributed by atoms with Gasteiger partial charge in [-0.2, -0.15) is 0 Å². The Bertz CT molecular complexity index is 1490. The van der Waals surface area contributed by atoms with Crippen molar-refractivity contribution in [3.63, 3.8) is 0 Å². The van der Waals surface area contributed by atoms with Crippen molar-refractivity contribution < 1.29 is 32.4 Å². The molecule has 2 heterocycles. The first-order valence-corrected chi connectivity index (χ1v) is 14.6. The van der Waals surface area contributed by atoms with Crippen LogP contribution in [0.25, 0.3) is 0 Å². The first-order chi connectivity index (χ1) is 19.4. The molecule has 3 amide bonds. The zero-order chi connectivity index (χ0) is 29.9. The standard InChI is InChI=1S/C28H35N5O7S/c1-17-14-33(18(2)16-34)27(35)23-13-21(31-41(37,38)22-9-7-6-8-10-22)11-12-24(23)39-25(17)15-32(5)28(36)29-26-19(3)30-40-20(26)4/h6-13,17-18,25,31,34H,14-16H2,1-5H3,(H,29,36)/t17-,18+,25+/m1/s1. The molecule has 1 aliphatic rings. The third-order valence-electron chi connectivity index (χ3n) is 7.04. The van der Waals surface area contributed by atoms with Crippen molar-refractivity contribution in [2.45, 2.75) is 44.7 Å². The number of aromatic nitrogens is 1. The molecule has 4 rings (SSSR count). The lowest BCUT2D eigenvalue weighted by atomic mass is 9.99. The van der Waals surface area contributed by atoms with Gasteiger partial charge in [-0.25, -0.2) is 13.2 Å². The Hall–Kier alpha value is -4.10. The molecular weight excluding hydrogens is 550 g/mol. The molecular formula is C28H35N5O7S. The molecule has 2 aromatic carbocycles. The number of rotatable bonds is 8. The van der Waals surface area contributed by atoms with E-state index in [1.165, 1.54) is 35.2 Å². The average Bonchev–Trinajstić information content (AvgIpc) is 3.27. The van der Waals surface area contributed by atoms with Crippen molar-refractivity contribution in [2.75, 3.05) is 36.8 Å². The number of amides is 3. The lowest BCUT2D eigenvalue weighted by Crippen LogP contribution is -2.50. The van der Waals surface area contributed by atoms with Crippen LogP contribution in [0, 0.1) is 19.8 Å². The van der Waals surface area contributed by atoms with Gasteiger partial charge in [0.1, 0.15) is 23.2 Å². The van der Waals surface area contributed by atoms with Crippen molar-refractivity contribution in [3.8, 4) is 5.75 Å². The number of aliphatic hydroxyl groups excluding tert-OH is 1. The Balaban J connectivity index is 1.62. The molecule has 0 saturated carbocycles. The lowest BCUT2D eigenvalue weighted by molar-refractivity contribution is 0.0371. The fourth-order valence-electron chi connectivity index (χ4n) is 4.53. The highest BCUT2D eigenvalue weighted by molar-refractivity contribution is 7.92. The summed E-state index contributed by atoms with van der Waals surface area (Å²) in [4.78, 5) is 29.7. The molecule has 3 atom stereocenters. The second-order valence-corrected chi connectivity index (χ2v) is 11.9. The minimum Gasteiger partial charge on any atom is -0.487 e. The van der Waals surface area contributed by atoms with Gasteiger partial charge in [-0.1, -0.05) is 30.3 Å². The molecule has 1 aromatic heterocycles. The quantitative estimate of drug-likeness (QED) is 0.363. The maximum Gasteiger partial charge on any atom is 0.321 e. The number of fused-ring (bicyclic) bond motifs is 1. The largest absolute Gasteiger partial charge is 0.487 e. The van der Waals surface area contributed by atoms with E-state index in [2.05, 4.69) is 15.2 Å². The number of sulfonamides is 1. The van der Waals surface area contributed by atoms with Gasteiger partial charge < -0.3 is 29.5 Å². The first kappa shape index (κ1) is 29.9. The summed E-state index contributed by atoms with van der Waals surface area (Å²) in [6.45, 7) is 7.21. The Morgan fingerprint density at radius 2 is 1.93 bits per heavy atom. The molecule has 12 nitrogen and oxygen atoms in total. The molecule has 0 spiro atoms. The van der Waals surface area contributed by atoms with Gasteiger partial charge in [0.15, 0.2) is 5.76 Å². The van der Waals surface area contributed by atoms with Gasteiger partial charge in [0.25, 0.3) is 15.9 Å². The number of aliphatic hydroxyl groups is 1. The number of ether oxygens (including phenoxy) is 1. The fourth-order valence-corrected chi connectivity index (χ4v) is 5.60. The van der Waals surface area contributed by atoms with Gasteiger partial charge in [0, 0.05) is 25.2 Å². The fraction of sp³-hybridized carbons (Fsp3) is 0.393. The highest BCUT2D eigenvalue weighted by Crippen LogP contribution is 2.31. The van der Waals surface area contributed by atoms with Crippen LogP contribution in [0.2, 0.25) is 0 Å². The summed E-state index contributed by atoms with van der Waals surface area (Å²) in [5, 5.41) is 16.6. The van der Waals surface area contributed by atoms with Gasteiger partial charge in [-0.15, -0.1) is 0 Å². The number of benzene rings is 2. The van der Waals surface area contributed by atoms with Crippen LogP contribution in [-0.4, -0.2) is 79.3 Å². The van der Waals surface area contributed by atoms with Gasteiger partial charge >= 0.3 is 6.03 Å². The van der Waals surface area contributed by atoms with Crippen LogP contribution in [0.4, 0.5) is 16.2 Å². The summed E-state index contributed by atoms with van der Waals surface area (Å²) >= 11 is 0. The van der Waals surface area contributed by atoms with Crippen molar-refractivity contribution in [3.05, 3.63) is 65.5 Å². The van der Waals surface area contributed by atoms with Crippen LogP contribution in [0.3, 0.4) is 0 Å². The molecule has 0 radical (unpaired) electrons. The van der Waals surface area contributed by atoms with Crippen LogP contribution in [0.15, 0.2) is 57.9 Å². The molecule has 1 aliphatic heterocycles. The second-order valence-electron chi connectivity index (χ2n) is 10.3. The molecule has 13 heteroatoms. The van der Waals surface area contributed by atoms with Crippen molar-refractivity contribution in [1.82, 2.24) is 15.0 Å². The predicted molar refractivity (Wildman–Crippen MR) is 152 cm³/mol. The number of nitrogens with zero attached hydrogens (tertiary/aromatic N) is 3. The Morgan fingerprint density at radius 1 is 1.22 bits per heavy atom. The van der Waals surface area contributed by atoms with E-state index in [0.29, 0.717) is 17.1 Å². The summed E-state index contributed by atoms with van der Waals surface area (Å²) in [5.74, 6) is 0.0901. The van der Waals surface area contributed by atoms with Crippen LogP contribution in [-0.2, 0) is 10.0 Å². The molecule has 41 heavy (non-hydrogen) atoms. The first-order valence-electron chi connectivity index (χ1n) is 13.2. The zero-order valence-electron chi connectivity index (χ0n) is 23.6. The van der Waals surface area contributed by atoms with E-state index in [0.717, 1.165) is 0 Å². The third kappa shape index (κ3) is 6.63. The maximum absolute atomic E-state index is 13.7. The minimum absolute atomic E-state index is 0.0802. The number of carbonyl (C=O) groups is 2. The van der Waals surface area contributed by atoms with Crippen LogP contribution in [0.5, 0.6) is 5.75 Å². The number of urea groups is 1. The van der Waals surface area contributed by atoms with Gasteiger partial charge in [-0.05, 0) is 51.1 Å². The van der Waals surface area contributed by atoms with Crippen LogP contribution >= 0.6 is 0 Å². The molecule has 0 unspecified atom stereocenters. The van der Waals surface area contributed by atoms with Crippen molar-refractivity contribution >= 4 is 33.3 Å². The number of hydrogen-bond donors (Lipinski definition) is 3. The minimum atomic E-state index is -3.90. The predicted octanol–water partition coefficient (Wildman–Crippen LogP) is 3.48. The number of carbonyl (C=O) groups excluding carboxylic acids is 2. The topological polar surface area (TPSA) is 154 Å². The van der Waals surface area contributed by atoms with Gasteiger partial charge in [0.2, 0.25) is 0 Å². The van der Waals surface area contributed by atoms with Crippen molar-refractivity contribution in [1.29, 1.82) is 0 Å². The molecule has 220 valence electrons. The number of likely N-dealkylation sites (N-methyl/N-ethyl adjacent to an activating group) is 1. The molecule has 3 N–H and O–H groups in total. The number of nitrogens with one attached hydrogen (secondary N) is 2. The molecule has 0 saturated heterocycles. The monoisotopic (exact) mass is 585 g/mol. The van der Waals surface area contributed by atoms with E-state index in [1.807, 2.05) is 6.92 Å². The van der Waals surface area contributed by atoms with E-state index in [4.69, 9.17) is 9.26 Å². The highest BCUT2D eigenvalue weighted by Gasteiger charge is 2.34. The van der Waals surface area contributed by atoms with E-state index in [1.54, 1.807) is 50.9 Å². The number of aryl methyl sites for hydroxylation is 2. The Kier molecular flexibility index (Phi) is 8.88. The Labute approximate surface area is 239 Å². The summed E-state index contributed by atoms with van der Waals surface area (Å²) in [6, 6.07) is 11.5. The summed E-state index contributed by atoms with van der Waals surface area (Å²) in [6.07, 6.45) is -0.539. The molecule has 3 aromatic rings. The van der Waals surface area contributed by atoms with E-state index in [-0.39, 0.29) is 53.5 Å². The highest BCUT2D eigenvalue weighted by atomic mass is 32.2. The summed E-state index contributed by atoms with van der Waals surface area (Å²) in [5.41, 5.74) is 1.37. The van der Waals surface area contributed by atoms with Gasteiger partial charge in [0.05, 0.1) is 29.7 Å². The summed E-state index contributed by atoms with van der Waals surface area (Å²) < 4.78 is 39.8. The summed E-state index contributed by atoms with van der Waals surface area (Å²) in [7, 11) is -2.27. The number of anilines is 2. The average molecular weight is 586 g/mol. The van der Waals surface area contributed by atoms with Crippen molar-refractivity contribution in [2.24, 2.45) is 5.92 Å². The maximum atomic E-state index is 13.7. The van der Waals surface area contributed by atoms with E-state index in [9.17, 15) is 23.1 Å². The van der Waals surface area contributed by atoms with Crippen LogP contribution in [0.1, 0.15) is 35.7 Å². The van der Waals surface area contributed by atoms with E-state index < -0.39 is 28.1 Å². The van der Waals surface area contributed by atoms with E-state index >= 15 is 0 Å². The third-order valence-corrected chi connectivity index (χ3v) is 8.43. The smallest absolute Gasteiger partial charge is 0.321 e. The van der Waals surface area contributed by atoms with Gasteiger partial charge in [-0.3, -0.25) is 9.52 Å². The molecule has 0 aliphatic carbocycles. The SMILES string of the molecule is Cc1noc(C)c1NC(=O)N(C)C[C@@H]1Oc2ccc(NS(=O)(=O)c3ccccc3)cc2C(=O)N([C@@H](C)CO)C[C@H]1C. The normalized spacial score (nSPS) is 18.0. The zero-order valence-corrected chi connectivity index (χ0v) is 24.4. The second kappa shape index (κ2) is 12.2. The lowest BCUT2D eigenvalue weighted by Gasteiger charge is -2.38. The Morgan fingerprint density at radius 3 is 2.56 bits per heavy atom. The van der Waals surface area contributed by atoms with Crippen LogP contribution < -0.4 is 14.8 Å².